The summed E-state index contributed by atoms with van der Waals surface area (Å²) in [4.78, 5) is 7.08. The molecule has 0 aliphatic rings. The number of ether oxygens (including phenoxy) is 1. The third-order valence-corrected chi connectivity index (χ3v) is 3.36. The Labute approximate surface area is 149 Å². The molecule has 0 amide bonds. The summed E-state index contributed by atoms with van der Waals surface area (Å²) in [6, 6.07) is 3.96. The van der Waals surface area contributed by atoms with Crippen molar-refractivity contribution in [1.82, 2.24) is 9.97 Å². The molecule has 0 fully saturated rings. The lowest BCUT2D eigenvalue weighted by atomic mass is 10.1. The number of hydrogen-bond acceptors (Lipinski definition) is 5. The van der Waals surface area contributed by atoms with Gasteiger partial charge in [-0.3, -0.25) is 4.18 Å². The van der Waals surface area contributed by atoms with Crippen LogP contribution in [-0.2, 0) is 27.3 Å². The minimum atomic E-state index is -4.90. The number of nitrogens with zero attached hydrogens (tertiary/aromatic N) is 2. The third-order valence-electron chi connectivity index (χ3n) is 2.79. The Hall–Kier alpha value is -1.92. The number of benzene rings is 1. The first-order valence-corrected chi connectivity index (χ1v) is 8.36. The Morgan fingerprint density at radius 3 is 2.19 bits per heavy atom. The molecule has 0 radical (unpaired) electrons. The van der Waals surface area contributed by atoms with Gasteiger partial charge in [0.1, 0.15) is 5.75 Å². The van der Waals surface area contributed by atoms with Gasteiger partial charge in [-0.05, 0) is 24.3 Å². The zero-order valence-electron chi connectivity index (χ0n) is 12.3. The van der Waals surface area contributed by atoms with Crippen molar-refractivity contribution in [3.63, 3.8) is 0 Å². The Morgan fingerprint density at radius 2 is 1.69 bits per heavy atom. The molecule has 0 saturated heterocycles. The fourth-order valence-electron chi connectivity index (χ4n) is 1.81. The number of alkyl halides is 6. The van der Waals surface area contributed by atoms with E-state index in [0.717, 1.165) is 30.5 Å². The minimum absolute atomic E-state index is 0.0263. The molecule has 0 aliphatic heterocycles. The van der Waals surface area contributed by atoms with E-state index < -0.39 is 46.4 Å². The average molecular weight is 421 g/mol. The quantitative estimate of drug-likeness (QED) is 0.530. The zero-order valence-corrected chi connectivity index (χ0v) is 13.8. The van der Waals surface area contributed by atoms with Crippen molar-refractivity contribution in [3.05, 3.63) is 41.7 Å². The highest BCUT2D eigenvalue weighted by Gasteiger charge is 2.36. The molecule has 2 aromatic rings. The predicted molar refractivity (Wildman–Crippen MR) is 77.9 cm³/mol. The van der Waals surface area contributed by atoms with Crippen molar-refractivity contribution >= 4 is 21.0 Å². The molecule has 1 heterocycles. The molecule has 1 aromatic carbocycles. The highest BCUT2D eigenvalue weighted by molar-refractivity contribution is 8.04. The maximum absolute atomic E-state index is 13.1. The van der Waals surface area contributed by atoms with Crippen LogP contribution in [0.15, 0.2) is 30.5 Å². The molecule has 0 bridgehead atoms. The van der Waals surface area contributed by atoms with Crippen LogP contribution in [0.2, 0.25) is 0 Å². The van der Waals surface area contributed by atoms with E-state index in [2.05, 4.69) is 18.9 Å². The first-order valence-electron chi connectivity index (χ1n) is 6.46. The summed E-state index contributed by atoms with van der Waals surface area (Å²) in [6.45, 7) is -0.746. The topological polar surface area (TPSA) is 61.3 Å². The van der Waals surface area contributed by atoms with Gasteiger partial charge in [-0.15, -0.1) is 13.2 Å². The average Bonchev–Trinajstić information content (AvgIpc) is 2.51. The van der Waals surface area contributed by atoms with Crippen molar-refractivity contribution in [2.75, 3.05) is 0 Å². The Bertz CT molecular complexity index is 798. The van der Waals surface area contributed by atoms with Crippen LogP contribution < -0.4 is 4.74 Å². The fraction of sp³-hybridized carbons (Fsp3) is 0.231. The van der Waals surface area contributed by atoms with Crippen LogP contribution in [0.1, 0.15) is 11.3 Å². The Kier molecular flexibility index (Phi) is 6.09. The van der Waals surface area contributed by atoms with Crippen molar-refractivity contribution in [3.8, 4) is 17.1 Å². The molecule has 142 valence electrons. The zero-order chi connectivity index (χ0) is 19.5. The molecular formula is C13H7ClF6N2O3S. The first kappa shape index (κ1) is 20.4. The van der Waals surface area contributed by atoms with Gasteiger partial charge < -0.3 is 4.74 Å². The SMILES string of the molecule is O=S(Cl)OCc1cnc(-c2ccc(OC(F)(F)F)cc2)nc1C(F)(F)F. The van der Waals surface area contributed by atoms with E-state index in [9.17, 15) is 30.6 Å². The third kappa shape index (κ3) is 5.81. The van der Waals surface area contributed by atoms with Crippen LogP contribution in [0.25, 0.3) is 11.4 Å². The lowest BCUT2D eigenvalue weighted by Gasteiger charge is -2.13. The van der Waals surface area contributed by atoms with Gasteiger partial charge >= 0.3 is 12.5 Å². The maximum atomic E-state index is 13.1. The summed E-state index contributed by atoms with van der Waals surface area (Å²) in [5, 5.41) is 0. The second-order valence-corrected chi connectivity index (χ2v) is 5.97. The molecule has 2 rings (SSSR count). The molecule has 1 atom stereocenters. The van der Waals surface area contributed by atoms with Crippen LogP contribution in [0.5, 0.6) is 5.75 Å². The number of hydrogen-bond donors (Lipinski definition) is 0. The van der Waals surface area contributed by atoms with Crippen LogP contribution in [0, 0.1) is 0 Å². The summed E-state index contributed by atoms with van der Waals surface area (Å²) in [5.41, 5.74) is -1.83. The molecule has 0 aliphatic carbocycles. The molecule has 0 spiro atoms. The van der Waals surface area contributed by atoms with E-state index in [4.69, 9.17) is 10.7 Å². The normalized spacial score (nSPS) is 13.5. The Balaban J connectivity index is 2.33. The summed E-state index contributed by atoms with van der Waals surface area (Å²) in [7, 11) is 2.71. The van der Waals surface area contributed by atoms with Crippen molar-refractivity contribution in [1.29, 1.82) is 0 Å². The second kappa shape index (κ2) is 7.76. The van der Waals surface area contributed by atoms with Crippen LogP contribution in [-0.4, -0.2) is 20.5 Å². The number of rotatable bonds is 5. The molecule has 26 heavy (non-hydrogen) atoms. The molecule has 5 nitrogen and oxygen atoms in total. The molecule has 0 saturated carbocycles. The standard InChI is InChI=1S/C13H7ClF6N2O3S/c14-26(23)24-6-8-5-21-11(22-10(8)12(15,16)17)7-1-3-9(4-2-7)25-13(18,19)20/h1-5H,6H2. The summed E-state index contributed by atoms with van der Waals surface area (Å²) >= 11 is 0. The monoisotopic (exact) mass is 420 g/mol. The molecule has 13 heteroatoms. The van der Waals surface area contributed by atoms with E-state index in [1.165, 1.54) is 0 Å². The molecule has 1 aromatic heterocycles. The largest absolute Gasteiger partial charge is 0.573 e. The van der Waals surface area contributed by atoms with Crippen molar-refractivity contribution < 1.29 is 39.5 Å². The lowest BCUT2D eigenvalue weighted by molar-refractivity contribution is -0.274. The van der Waals surface area contributed by atoms with Crippen molar-refractivity contribution in [2.24, 2.45) is 0 Å². The van der Waals surface area contributed by atoms with Gasteiger partial charge in [0, 0.05) is 28.0 Å². The van der Waals surface area contributed by atoms with Gasteiger partial charge in [0.2, 0.25) is 0 Å². The molecule has 1 unspecified atom stereocenters. The van der Waals surface area contributed by atoms with Crippen LogP contribution in [0.4, 0.5) is 26.3 Å². The van der Waals surface area contributed by atoms with Crippen molar-refractivity contribution in [2.45, 2.75) is 19.1 Å². The van der Waals surface area contributed by atoms with E-state index >= 15 is 0 Å². The van der Waals surface area contributed by atoms with Crippen LogP contribution >= 0.6 is 10.7 Å². The van der Waals surface area contributed by atoms with E-state index in [-0.39, 0.29) is 11.4 Å². The van der Waals surface area contributed by atoms with Gasteiger partial charge in [0.15, 0.2) is 11.5 Å². The smallest absolute Gasteiger partial charge is 0.406 e. The Morgan fingerprint density at radius 1 is 1.08 bits per heavy atom. The number of aromatic nitrogens is 2. The predicted octanol–water partition coefficient (Wildman–Crippen LogP) is 4.40. The van der Waals surface area contributed by atoms with Gasteiger partial charge in [-0.1, -0.05) is 0 Å². The van der Waals surface area contributed by atoms with E-state index in [1.54, 1.807) is 0 Å². The molecule has 0 N–H and O–H groups in total. The van der Waals surface area contributed by atoms with Gasteiger partial charge in [0.05, 0.1) is 6.61 Å². The van der Waals surface area contributed by atoms with E-state index in [0.29, 0.717) is 0 Å². The maximum Gasteiger partial charge on any atom is 0.573 e. The highest BCUT2D eigenvalue weighted by atomic mass is 35.7. The number of halogens is 7. The molecular weight excluding hydrogens is 414 g/mol. The summed E-state index contributed by atoms with van der Waals surface area (Å²) < 4.78 is 94.4. The summed E-state index contributed by atoms with van der Waals surface area (Å²) in [6.07, 6.45) is -8.97. The van der Waals surface area contributed by atoms with Gasteiger partial charge in [-0.25, -0.2) is 14.2 Å². The highest BCUT2D eigenvalue weighted by Crippen LogP contribution is 2.32. The lowest BCUT2D eigenvalue weighted by Crippen LogP contribution is -2.17. The van der Waals surface area contributed by atoms with E-state index in [1.807, 2.05) is 0 Å². The van der Waals surface area contributed by atoms with Crippen LogP contribution in [0.3, 0.4) is 0 Å². The fourth-order valence-corrected chi connectivity index (χ4v) is 2.17. The second-order valence-electron chi connectivity index (χ2n) is 4.59. The first-order chi connectivity index (χ1) is 12.0. The van der Waals surface area contributed by atoms with Gasteiger partial charge in [0.25, 0.3) is 10.3 Å². The van der Waals surface area contributed by atoms with Gasteiger partial charge in [-0.2, -0.15) is 13.2 Å². The minimum Gasteiger partial charge on any atom is -0.406 e. The summed E-state index contributed by atoms with van der Waals surface area (Å²) in [5.74, 6) is -0.932.